The molecule has 1 atom stereocenters. The van der Waals surface area contributed by atoms with Crippen molar-refractivity contribution >= 4 is 46.5 Å². The monoisotopic (exact) mass is 491 g/mol. The minimum atomic E-state index is -0.844. The average molecular weight is 492 g/mol. The van der Waals surface area contributed by atoms with Gasteiger partial charge in [0.05, 0.1) is 24.8 Å². The Morgan fingerprint density at radius 3 is 2.34 bits per heavy atom. The number of rotatable bonds is 6. The van der Waals surface area contributed by atoms with Gasteiger partial charge in [0.1, 0.15) is 11.9 Å². The standard InChI is InChI=1S/C26H22FN3O4S/c1-34-25(33)18-7-13-21(14-8-18)30-23(31)15-22(24(30)32)29(16-17-5-3-2-4-6-17)26(35)28-20-11-9-19(27)10-12-20/h2-14,22H,15-16H2,1H3,(H,28,35). The Labute approximate surface area is 207 Å². The van der Waals surface area contributed by atoms with Gasteiger partial charge in [-0.15, -0.1) is 0 Å². The lowest BCUT2D eigenvalue weighted by Gasteiger charge is -2.30. The summed E-state index contributed by atoms with van der Waals surface area (Å²) in [7, 11) is 1.28. The molecule has 0 aromatic heterocycles. The number of esters is 1. The molecule has 0 radical (unpaired) electrons. The predicted octanol–water partition coefficient (Wildman–Crippen LogP) is 4.14. The zero-order chi connectivity index (χ0) is 24.9. The molecule has 0 spiro atoms. The van der Waals surface area contributed by atoms with Crippen molar-refractivity contribution in [2.45, 2.75) is 19.0 Å². The van der Waals surface area contributed by atoms with Gasteiger partial charge in [-0.1, -0.05) is 30.3 Å². The molecule has 1 unspecified atom stereocenters. The number of carbonyl (C=O) groups excluding carboxylic acids is 3. The van der Waals surface area contributed by atoms with Crippen molar-refractivity contribution in [2.24, 2.45) is 0 Å². The number of imide groups is 1. The lowest BCUT2D eigenvalue weighted by Crippen LogP contribution is -2.46. The molecule has 9 heteroatoms. The van der Waals surface area contributed by atoms with Crippen LogP contribution < -0.4 is 10.2 Å². The molecule has 3 aromatic rings. The summed E-state index contributed by atoms with van der Waals surface area (Å²) in [5.41, 5.74) is 2.12. The van der Waals surface area contributed by atoms with Gasteiger partial charge in [-0.3, -0.25) is 9.59 Å². The molecule has 1 saturated heterocycles. The number of anilines is 2. The Kier molecular flexibility index (Phi) is 7.17. The van der Waals surface area contributed by atoms with Gasteiger partial charge in [0.15, 0.2) is 5.11 Å². The van der Waals surface area contributed by atoms with Crippen LogP contribution in [0.2, 0.25) is 0 Å². The van der Waals surface area contributed by atoms with E-state index in [2.05, 4.69) is 5.32 Å². The fraction of sp³-hybridized carbons (Fsp3) is 0.154. The molecule has 3 aromatic carbocycles. The number of benzene rings is 3. The van der Waals surface area contributed by atoms with Crippen LogP contribution in [-0.2, 0) is 20.9 Å². The molecule has 4 rings (SSSR count). The third kappa shape index (κ3) is 5.36. The van der Waals surface area contributed by atoms with Crippen LogP contribution in [0.15, 0.2) is 78.9 Å². The minimum Gasteiger partial charge on any atom is -0.465 e. The molecular formula is C26H22FN3O4S. The zero-order valence-electron chi connectivity index (χ0n) is 18.8. The molecule has 1 aliphatic rings. The molecule has 0 aliphatic carbocycles. The van der Waals surface area contributed by atoms with Gasteiger partial charge in [-0.05, 0) is 66.3 Å². The molecule has 0 bridgehead atoms. The largest absolute Gasteiger partial charge is 0.465 e. The van der Waals surface area contributed by atoms with E-state index in [9.17, 15) is 18.8 Å². The minimum absolute atomic E-state index is 0.0738. The first kappa shape index (κ1) is 24.0. The Morgan fingerprint density at radius 2 is 1.71 bits per heavy atom. The van der Waals surface area contributed by atoms with E-state index in [0.717, 1.165) is 10.5 Å². The number of thiocarbonyl (C=S) groups is 1. The number of carbonyl (C=O) groups is 3. The SMILES string of the molecule is COC(=O)c1ccc(N2C(=O)CC(N(Cc3ccccc3)C(=S)Nc3ccc(F)cc3)C2=O)cc1. The number of nitrogens with one attached hydrogen (secondary N) is 1. The number of amides is 2. The fourth-order valence-corrected chi connectivity index (χ4v) is 4.14. The van der Waals surface area contributed by atoms with Crippen LogP contribution >= 0.6 is 12.2 Å². The highest BCUT2D eigenvalue weighted by molar-refractivity contribution is 7.80. The quantitative estimate of drug-likeness (QED) is 0.315. The summed E-state index contributed by atoms with van der Waals surface area (Å²) in [4.78, 5) is 40.9. The molecule has 0 saturated carbocycles. The first-order valence-electron chi connectivity index (χ1n) is 10.8. The second-order valence-corrected chi connectivity index (χ2v) is 8.26. The highest BCUT2D eigenvalue weighted by Gasteiger charge is 2.43. The summed E-state index contributed by atoms with van der Waals surface area (Å²) >= 11 is 5.62. The van der Waals surface area contributed by atoms with E-state index >= 15 is 0 Å². The Hall–Kier alpha value is -4.11. The van der Waals surface area contributed by atoms with E-state index in [0.29, 0.717) is 16.9 Å². The van der Waals surface area contributed by atoms with E-state index in [4.69, 9.17) is 17.0 Å². The highest BCUT2D eigenvalue weighted by Crippen LogP contribution is 2.28. The maximum atomic E-state index is 13.5. The molecule has 1 aliphatic heterocycles. The van der Waals surface area contributed by atoms with Crippen molar-refractivity contribution in [3.8, 4) is 0 Å². The Bertz CT molecular complexity index is 1250. The summed E-state index contributed by atoms with van der Waals surface area (Å²) in [6, 6.07) is 20.3. The first-order chi connectivity index (χ1) is 16.9. The lowest BCUT2D eigenvalue weighted by molar-refractivity contribution is -0.122. The van der Waals surface area contributed by atoms with E-state index in [-0.39, 0.29) is 29.8 Å². The summed E-state index contributed by atoms with van der Waals surface area (Å²) in [5, 5.41) is 3.27. The summed E-state index contributed by atoms with van der Waals surface area (Å²) in [5.74, 6) is -1.71. The fourth-order valence-electron chi connectivity index (χ4n) is 3.83. The van der Waals surface area contributed by atoms with Crippen LogP contribution in [0.25, 0.3) is 0 Å². The predicted molar refractivity (Wildman–Crippen MR) is 133 cm³/mol. The van der Waals surface area contributed by atoms with Gasteiger partial charge in [0, 0.05) is 12.2 Å². The van der Waals surface area contributed by atoms with Crippen molar-refractivity contribution in [1.29, 1.82) is 0 Å². The van der Waals surface area contributed by atoms with Crippen molar-refractivity contribution < 1.29 is 23.5 Å². The molecule has 2 amide bonds. The third-order valence-corrected chi connectivity index (χ3v) is 5.93. The van der Waals surface area contributed by atoms with Crippen molar-refractivity contribution in [3.63, 3.8) is 0 Å². The maximum Gasteiger partial charge on any atom is 0.337 e. The Morgan fingerprint density at radius 1 is 1.06 bits per heavy atom. The number of methoxy groups -OCH3 is 1. The van der Waals surface area contributed by atoms with Crippen LogP contribution in [0.3, 0.4) is 0 Å². The van der Waals surface area contributed by atoms with Crippen molar-refractivity contribution in [3.05, 3.63) is 95.8 Å². The van der Waals surface area contributed by atoms with Gasteiger partial charge in [-0.25, -0.2) is 14.1 Å². The summed E-state index contributed by atoms with van der Waals surface area (Å²) in [6.45, 7) is 0.284. The molecule has 35 heavy (non-hydrogen) atoms. The first-order valence-corrected chi connectivity index (χ1v) is 11.2. The van der Waals surface area contributed by atoms with Gasteiger partial charge >= 0.3 is 5.97 Å². The van der Waals surface area contributed by atoms with Gasteiger partial charge < -0.3 is 15.0 Å². The smallest absolute Gasteiger partial charge is 0.337 e. The van der Waals surface area contributed by atoms with Gasteiger partial charge in [0.25, 0.3) is 5.91 Å². The number of hydrogen-bond acceptors (Lipinski definition) is 5. The normalized spacial score (nSPS) is 15.1. The molecule has 1 heterocycles. The second kappa shape index (κ2) is 10.4. The topological polar surface area (TPSA) is 79.0 Å². The Balaban J connectivity index is 1.60. The van der Waals surface area contributed by atoms with Crippen LogP contribution in [0.5, 0.6) is 0 Å². The number of hydrogen-bond donors (Lipinski definition) is 1. The van der Waals surface area contributed by atoms with Crippen molar-refractivity contribution in [2.75, 3.05) is 17.3 Å². The van der Waals surface area contributed by atoms with E-state index < -0.39 is 17.9 Å². The van der Waals surface area contributed by atoms with E-state index in [1.165, 1.54) is 43.5 Å². The average Bonchev–Trinajstić information content (AvgIpc) is 3.17. The van der Waals surface area contributed by atoms with Crippen LogP contribution in [-0.4, -0.2) is 40.9 Å². The van der Waals surface area contributed by atoms with Gasteiger partial charge in [-0.2, -0.15) is 0 Å². The highest BCUT2D eigenvalue weighted by atomic mass is 32.1. The van der Waals surface area contributed by atoms with Crippen LogP contribution in [0.1, 0.15) is 22.3 Å². The molecule has 1 fully saturated rings. The summed E-state index contributed by atoms with van der Waals surface area (Å²) < 4.78 is 18.0. The van der Waals surface area contributed by atoms with Crippen LogP contribution in [0.4, 0.5) is 15.8 Å². The van der Waals surface area contributed by atoms with Crippen molar-refractivity contribution in [1.82, 2.24) is 4.90 Å². The number of ether oxygens (including phenoxy) is 1. The second-order valence-electron chi connectivity index (χ2n) is 7.88. The zero-order valence-corrected chi connectivity index (χ0v) is 19.6. The number of halogens is 1. The number of nitrogens with zero attached hydrogens (tertiary/aromatic N) is 2. The van der Waals surface area contributed by atoms with E-state index in [1.54, 1.807) is 17.0 Å². The third-order valence-electron chi connectivity index (χ3n) is 5.60. The van der Waals surface area contributed by atoms with Gasteiger partial charge in [0.2, 0.25) is 5.91 Å². The molecule has 178 valence electrons. The molecular weight excluding hydrogens is 469 g/mol. The molecule has 1 N–H and O–H groups in total. The van der Waals surface area contributed by atoms with Crippen LogP contribution in [0, 0.1) is 5.82 Å². The maximum absolute atomic E-state index is 13.5. The van der Waals surface area contributed by atoms with E-state index in [1.807, 2.05) is 30.3 Å². The molecule has 7 nitrogen and oxygen atoms in total. The lowest BCUT2D eigenvalue weighted by atomic mass is 10.1. The summed E-state index contributed by atoms with van der Waals surface area (Å²) in [6.07, 6.45) is -0.0738.